The molecule has 0 aliphatic rings. The highest BCUT2D eigenvalue weighted by Crippen LogP contribution is 2.43. The number of nitrogens with two attached hydrogens (primary N) is 1. The molecule has 3 unspecified atom stereocenters. The van der Waals surface area contributed by atoms with Crippen LogP contribution in [0.25, 0.3) is 0 Å². The lowest BCUT2D eigenvalue weighted by molar-refractivity contribution is -0.123. The minimum absolute atomic E-state index is 0.0659. The molecule has 0 aromatic heterocycles. The zero-order valence-corrected chi connectivity index (χ0v) is 34.6. The highest BCUT2D eigenvalue weighted by atomic mass is 31.2. The van der Waals surface area contributed by atoms with Crippen molar-refractivity contribution in [2.45, 2.75) is 180 Å². The van der Waals surface area contributed by atoms with Gasteiger partial charge in [0.25, 0.3) is 0 Å². The van der Waals surface area contributed by atoms with Crippen LogP contribution in [0.15, 0.2) is 72.9 Å². The number of phosphoric acid groups is 1. The Balaban J connectivity index is 4.35. The maximum Gasteiger partial charge on any atom is 0.472 e. The van der Waals surface area contributed by atoms with E-state index in [1.165, 1.54) is 77.0 Å². The molecule has 0 rings (SSSR count). The predicted molar refractivity (Wildman–Crippen MR) is 226 cm³/mol. The highest BCUT2D eigenvalue weighted by Gasteiger charge is 2.26. The summed E-state index contributed by atoms with van der Waals surface area (Å²) in [5.74, 6) is -0.225. The van der Waals surface area contributed by atoms with Gasteiger partial charge in [0, 0.05) is 13.0 Å². The van der Waals surface area contributed by atoms with Gasteiger partial charge in [-0.1, -0.05) is 151 Å². The quantitative estimate of drug-likeness (QED) is 0.0280. The second-order valence-electron chi connectivity index (χ2n) is 13.8. The smallest absolute Gasteiger partial charge is 0.387 e. The molecule has 8 nitrogen and oxygen atoms in total. The summed E-state index contributed by atoms with van der Waals surface area (Å²) in [6.45, 7) is 4.03. The molecule has 0 bridgehead atoms. The number of nitrogens with one attached hydrogen (secondary N) is 1. The van der Waals surface area contributed by atoms with E-state index in [0.717, 1.165) is 70.6 Å². The maximum atomic E-state index is 12.7. The number of aliphatic hydroxyl groups excluding tert-OH is 1. The Hall–Kier alpha value is -2.06. The Morgan fingerprint density at radius 3 is 1.62 bits per heavy atom. The minimum atomic E-state index is -4.36. The number of carbonyl (C=O) groups excluding carboxylic acids is 1. The molecule has 0 heterocycles. The van der Waals surface area contributed by atoms with Crippen LogP contribution in [0.4, 0.5) is 0 Å². The number of rotatable bonds is 38. The third-order valence-electron chi connectivity index (χ3n) is 8.73. The number of carbonyl (C=O) groups is 1. The van der Waals surface area contributed by atoms with Crippen LogP contribution in [0.1, 0.15) is 168 Å². The van der Waals surface area contributed by atoms with Crippen LogP contribution in [-0.2, 0) is 18.4 Å². The van der Waals surface area contributed by atoms with E-state index in [0.29, 0.717) is 6.42 Å². The van der Waals surface area contributed by atoms with Gasteiger partial charge in [-0.05, 0) is 83.5 Å². The molecule has 0 saturated carbocycles. The van der Waals surface area contributed by atoms with E-state index in [-0.39, 0.29) is 25.7 Å². The van der Waals surface area contributed by atoms with Crippen LogP contribution in [0.2, 0.25) is 0 Å². The molecule has 0 radical (unpaired) electrons. The Kier molecular flexibility index (Phi) is 38.1. The first kappa shape index (κ1) is 50.9. The van der Waals surface area contributed by atoms with Gasteiger partial charge in [0.2, 0.25) is 5.91 Å². The van der Waals surface area contributed by atoms with Crippen LogP contribution in [0.3, 0.4) is 0 Å². The lowest BCUT2D eigenvalue weighted by Crippen LogP contribution is -2.45. The Bertz CT molecular complexity index is 1050. The monoisotopic (exact) mass is 763 g/mol. The van der Waals surface area contributed by atoms with Crippen LogP contribution in [0.5, 0.6) is 0 Å². The van der Waals surface area contributed by atoms with Gasteiger partial charge in [0.1, 0.15) is 0 Å². The fraction of sp³-hybridized carbons (Fsp3) is 0.705. The van der Waals surface area contributed by atoms with Crippen molar-refractivity contribution in [3.05, 3.63) is 72.9 Å². The van der Waals surface area contributed by atoms with Crippen molar-refractivity contribution < 1.29 is 28.4 Å². The topological polar surface area (TPSA) is 131 Å². The summed E-state index contributed by atoms with van der Waals surface area (Å²) in [5, 5.41) is 13.6. The number of allylic oxidation sites excluding steroid dienone is 11. The molecule has 0 spiro atoms. The molecular weight excluding hydrogens is 683 g/mol. The van der Waals surface area contributed by atoms with E-state index in [4.69, 9.17) is 14.8 Å². The number of unbranched alkanes of at least 4 members (excludes halogenated alkanes) is 16. The van der Waals surface area contributed by atoms with Crippen molar-refractivity contribution in [1.82, 2.24) is 5.32 Å². The third kappa shape index (κ3) is 38.0. The van der Waals surface area contributed by atoms with E-state index in [9.17, 15) is 19.4 Å². The fourth-order valence-corrected chi connectivity index (χ4v) is 6.28. The number of hydrogen-bond donors (Lipinski definition) is 4. The molecule has 0 aliphatic carbocycles. The van der Waals surface area contributed by atoms with Crippen LogP contribution >= 0.6 is 7.82 Å². The first-order valence-corrected chi connectivity index (χ1v) is 22.6. The second-order valence-corrected chi connectivity index (χ2v) is 15.3. The van der Waals surface area contributed by atoms with Crippen molar-refractivity contribution >= 4 is 13.7 Å². The second kappa shape index (κ2) is 39.6. The standard InChI is InChI=1S/C44H79N2O6P/c1-3-5-7-9-11-13-15-17-19-20-21-22-24-26-28-30-32-34-36-38-44(48)46-42(41-52-53(49,50)51-40-39-45)43(47)37-35-33-31-29-27-25-23-18-16-14-12-10-8-6-4-2/h11,13,16-19,21-22,27,29,35,37,42-43,47H,3-10,12,14-15,20,23-26,28,30-34,36,38-41,45H2,1-2H3,(H,46,48)(H,49,50)/b13-11-,18-16+,19-17-,22-21-,29-27+,37-35+. The van der Waals surface area contributed by atoms with Gasteiger partial charge in [0.15, 0.2) is 0 Å². The summed E-state index contributed by atoms with van der Waals surface area (Å²) in [4.78, 5) is 22.7. The zero-order chi connectivity index (χ0) is 38.9. The molecule has 0 aromatic rings. The summed E-state index contributed by atoms with van der Waals surface area (Å²) in [5.41, 5.74) is 5.36. The average molecular weight is 763 g/mol. The van der Waals surface area contributed by atoms with Crippen LogP contribution < -0.4 is 11.1 Å². The van der Waals surface area contributed by atoms with Crippen molar-refractivity contribution in [3.63, 3.8) is 0 Å². The van der Waals surface area contributed by atoms with Crippen molar-refractivity contribution in [1.29, 1.82) is 0 Å². The van der Waals surface area contributed by atoms with E-state index < -0.39 is 20.0 Å². The van der Waals surface area contributed by atoms with Crippen LogP contribution in [-0.4, -0.2) is 47.8 Å². The van der Waals surface area contributed by atoms with Gasteiger partial charge in [-0.3, -0.25) is 13.8 Å². The number of hydrogen-bond acceptors (Lipinski definition) is 6. The fourth-order valence-electron chi connectivity index (χ4n) is 5.52. The van der Waals surface area contributed by atoms with E-state index in [1.54, 1.807) is 6.08 Å². The highest BCUT2D eigenvalue weighted by molar-refractivity contribution is 7.47. The van der Waals surface area contributed by atoms with Crippen LogP contribution in [0, 0.1) is 0 Å². The summed E-state index contributed by atoms with van der Waals surface area (Å²) < 4.78 is 22.1. The Labute approximate surface area is 325 Å². The molecule has 9 heteroatoms. The zero-order valence-electron chi connectivity index (χ0n) is 33.7. The summed E-state index contributed by atoms with van der Waals surface area (Å²) in [6.07, 6.45) is 50.9. The van der Waals surface area contributed by atoms with Gasteiger partial charge in [-0.15, -0.1) is 0 Å². The normalized spacial score (nSPS) is 14.9. The van der Waals surface area contributed by atoms with E-state index >= 15 is 0 Å². The Morgan fingerprint density at radius 2 is 1.06 bits per heavy atom. The summed E-state index contributed by atoms with van der Waals surface area (Å²) in [6, 6.07) is -0.893. The molecule has 0 aromatic carbocycles. The summed E-state index contributed by atoms with van der Waals surface area (Å²) >= 11 is 0. The van der Waals surface area contributed by atoms with Gasteiger partial charge in [0.05, 0.1) is 25.4 Å². The number of aliphatic hydroxyl groups is 1. The Morgan fingerprint density at radius 1 is 0.623 bits per heavy atom. The van der Waals surface area contributed by atoms with Gasteiger partial charge < -0.3 is 21.1 Å². The van der Waals surface area contributed by atoms with Crippen molar-refractivity contribution in [2.24, 2.45) is 5.73 Å². The molecule has 0 fully saturated rings. The first-order valence-electron chi connectivity index (χ1n) is 21.1. The molecule has 0 saturated heterocycles. The SMILES string of the molecule is CCCCC/C=C\C/C=C\C/C=C\CCCCCCCCC(=O)NC(COP(=O)(O)OCCN)C(O)/C=C/CC/C=C/CC/C=C/CCCCCCC. The minimum Gasteiger partial charge on any atom is -0.387 e. The van der Waals surface area contributed by atoms with Gasteiger partial charge in [-0.2, -0.15) is 0 Å². The molecule has 0 aliphatic heterocycles. The number of phosphoric ester groups is 1. The average Bonchev–Trinajstić information content (AvgIpc) is 3.14. The van der Waals surface area contributed by atoms with Gasteiger partial charge >= 0.3 is 7.82 Å². The largest absolute Gasteiger partial charge is 0.472 e. The third-order valence-corrected chi connectivity index (χ3v) is 9.72. The van der Waals surface area contributed by atoms with Crippen molar-refractivity contribution in [2.75, 3.05) is 19.8 Å². The molecule has 53 heavy (non-hydrogen) atoms. The lowest BCUT2D eigenvalue weighted by Gasteiger charge is -2.23. The molecule has 306 valence electrons. The molecule has 5 N–H and O–H groups in total. The van der Waals surface area contributed by atoms with E-state index in [1.807, 2.05) is 6.08 Å². The predicted octanol–water partition coefficient (Wildman–Crippen LogP) is 11.7. The van der Waals surface area contributed by atoms with E-state index in [2.05, 4.69) is 79.9 Å². The summed E-state index contributed by atoms with van der Waals surface area (Å²) in [7, 11) is -4.36. The maximum absolute atomic E-state index is 12.7. The van der Waals surface area contributed by atoms with Crippen molar-refractivity contribution in [3.8, 4) is 0 Å². The first-order chi connectivity index (χ1) is 25.9. The molecule has 1 amide bonds. The number of amides is 1. The lowest BCUT2D eigenvalue weighted by atomic mass is 10.1. The molecule has 3 atom stereocenters. The molecular formula is C44H79N2O6P. The van der Waals surface area contributed by atoms with Gasteiger partial charge in [-0.25, -0.2) is 4.57 Å².